The van der Waals surface area contributed by atoms with E-state index in [4.69, 9.17) is 0 Å². The summed E-state index contributed by atoms with van der Waals surface area (Å²) >= 11 is 0. The predicted octanol–water partition coefficient (Wildman–Crippen LogP) is 1.10. The van der Waals surface area contributed by atoms with Crippen LogP contribution in [0.2, 0.25) is 0 Å². The van der Waals surface area contributed by atoms with Gasteiger partial charge in [0.15, 0.2) is 0 Å². The van der Waals surface area contributed by atoms with Crippen molar-refractivity contribution in [1.82, 2.24) is 20.1 Å². The van der Waals surface area contributed by atoms with Gasteiger partial charge in [-0.05, 0) is 5.56 Å². The van der Waals surface area contributed by atoms with Gasteiger partial charge in [-0.15, -0.1) is 10.2 Å². The van der Waals surface area contributed by atoms with Crippen molar-refractivity contribution in [3.63, 3.8) is 0 Å². The quantitative estimate of drug-likeness (QED) is 0.807. The van der Waals surface area contributed by atoms with E-state index in [1.807, 2.05) is 29.8 Å². The molecule has 0 radical (unpaired) electrons. The first-order chi connectivity index (χ1) is 7.36. The molecule has 0 saturated heterocycles. The van der Waals surface area contributed by atoms with Crippen molar-refractivity contribution in [3.05, 3.63) is 48.0 Å². The first-order valence-electron chi connectivity index (χ1n) is 4.94. The van der Waals surface area contributed by atoms with Gasteiger partial charge in [-0.2, -0.15) is 0 Å². The first kappa shape index (κ1) is 9.86. The topological polar surface area (TPSA) is 42.7 Å². The molecule has 4 nitrogen and oxygen atoms in total. The van der Waals surface area contributed by atoms with Gasteiger partial charge in [0.1, 0.15) is 12.2 Å². The summed E-state index contributed by atoms with van der Waals surface area (Å²) in [5.74, 6) is 0.950. The normalized spacial score (nSPS) is 10.5. The van der Waals surface area contributed by atoms with Crippen molar-refractivity contribution in [3.8, 4) is 0 Å². The molecule has 2 rings (SSSR count). The molecule has 0 atom stereocenters. The maximum atomic E-state index is 4.00. The lowest BCUT2D eigenvalue weighted by atomic mass is 10.2. The second-order valence-electron chi connectivity index (χ2n) is 3.45. The Morgan fingerprint density at radius 1 is 1.20 bits per heavy atom. The summed E-state index contributed by atoms with van der Waals surface area (Å²) in [6.07, 6.45) is 1.71. The number of hydrogen-bond donors (Lipinski definition) is 1. The van der Waals surface area contributed by atoms with Gasteiger partial charge in [0.25, 0.3) is 0 Å². The Labute approximate surface area is 89.0 Å². The van der Waals surface area contributed by atoms with E-state index in [1.54, 1.807) is 6.33 Å². The number of nitrogens with one attached hydrogen (secondary N) is 1. The lowest BCUT2D eigenvalue weighted by molar-refractivity contribution is 0.637. The fourth-order valence-corrected chi connectivity index (χ4v) is 1.38. The molecule has 0 unspecified atom stereocenters. The van der Waals surface area contributed by atoms with Gasteiger partial charge in [-0.3, -0.25) is 0 Å². The standard InChI is InChI=1S/C11H14N4/c1-15-9-13-14-11(15)8-12-7-10-5-3-2-4-6-10/h2-6,9,12H,7-8H2,1H3. The molecule has 0 amide bonds. The van der Waals surface area contributed by atoms with E-state index in [9.17, 15) is 0 Å². The lowest BCUT2D eigenvalue weighted by Gasteiger charge is -2.03. The summed E-state index contributed by atoms with van der Waals surface area (Å²) in [6, 6.07) is 10.3. The first-order valence-corrected chi connectivity index (χ1v) is 4.94. The Morgan fingerprint density at radius 3 is 2.67 bits per heavy atom. The highest BCUT2D eigenvalue weighted by Crippen LogP contribution is 1.98. The highest BCUT2D eigenvalue weighted by Gasteiger charge is 1.98. The molecule has 0 aliphatic rings. The van der Waals surface area contributed by atoms with Crippen LogP contribution in [0, 0.1) is 0 Å². The van der Waals surface area contributed by atoms with Crippen molar-refractivity contribution < 1.29 is 0 Å². The van der Waals surface area contributed by atoms with Crippen molar-refractivity contribution in [2.24, 2.45) is 7.05 Å². The Balaban J connectivity index is 1.83. The van der Waals surface area contributed by atoms with Crippen LogP contribution in [0.4, 0.5) is 0 Å². The number of hydrogen-bond acceptors (Lipinski definition) is 3. The molecule has 15 heavy (non-hydrogen) atoms. The second kappa shape index (κ2) is 4.70. The van der Waals surface area contributed by atoms with Gasteiger partial charge in [-0.25, -0.2) is 0 Å². The van der Waals surface area contributed by atoms with E-state index in [2.05, 4.69) is 27.6 Å². The van der Waals surface area contributed by atoms with Crippen molar-refractivity contribution in [1.29, 1.82) is 0 Å². The molecule has 1 aromatic carbocycles. The zero-order valence-corrected chi connectivity index (χ0v) is 8.72. The van der Waals surface area contributed by atoms with Crippen LogP contribution in [0.5, 0.6) is 0 Å². The number of aromatic nitrogens is 3. The Hall–Kier alpha value is -1.68. The third-order valence-corrected chi connectivity index (χ3v) is 2.26. The second-order valence-corrected chi connectivity index (χ2v) is 3.45. The van der Waals surface area contributed by atoms with Crippen LogP contribution in [0.1, 0.15) is 11.4 Å². The molecule has 0 saturated carbocycles. The highest BCUT2D eigenvalue weighted by atomic mass is 15.3. The summed E-state index contributed by atoms with van der Waals surface area (Å²) < 4.78 is 1.91. The monoisotopic (exact) mass is 202 g/mol. The van der Waals surface area contributed by atoms with Crippen LogP contribution in [-0.2, 0) is 20.1 Å². The highest BCUT2D eigenvalue weighted by molar-refractivity contribution is 5.14. The number of rotatable bonds is 4. The van der Waals surface area contributed by atoms with Crippen LogP contribution in [0.3, 0.4) is 0 Å². The molecule has 1 heterocycles. The summed E-state index contributed by atoms with van der Waals surface area (Å²) in [4.78, 5) is 0. The maximum absolute atomic E-state index is 4.00. The summed E-state index contributed by atoms with van der Waals surface area (Å²) in [7, 11) is 1.94. The van der Waals surface area contributed by atoms with Crippen LogP contribution in [0.25, 0.3) is 0 Å². The molecule has 0 spiro atoms. The van der Waals surface area contributed by atoms with Crippen molar-refractivity contribution in [2.45, 2.75) is 13.1 Å². The maximum Gasteiger partial charge on any atom is 0.146 e. The van der Waals surface area contributed by atoms with E-state index in [-0.39, 0.29) is 0 Å². The van der Waals surface area contributed by atoms with E-state index in [1.165, 1.54) is 5.56 Å². The van der Waals surface area contributed by atoms with Gasteiger partial charge in [-0.1, -0.05) is 30.3 Å². The van der Waals surface area contributed by atoms with E-state index in [0.717, 1.165) is 18.9 Å². The van der Waals surface area contributed by atoms with Gasteiger partial charge in [0.2, 0.25) is 0 Å². The molecule has 2 aromatic rings. The number of aryl methyl sites for hydroxylation is 1. The predicted molar refractivity (Wildman–Crippen MR) is 58.0 cm³/mol. The van der Waals surface area contributed by atoms with Crippen LogP contribution in [0.15, 0.2) is 36.7 Å². The average Bonchev–Trinajstić information content (AvgIpc) is 2.66. The smallest absolute Gasteiger partial charge is 0.146 e. The molecular formula is C11H14N4. The van der Waals surface area contributed by atoms with Crippen molar-refractivity contribution in [2.75, 3.05) is 0 Å². The zero-order valence-electron chi connectivity index (χ0n) is 8.72. The Kier molecular flexibility index (Phi) is 3.09. The summed E-state index contributed by atoms with van der Waals surface area (Å²) in [5.41, 5.74) is 1.28. The minimum absolute atomic E-state index is 0.741. The Morgan fingerprint density at radius 2 is 2.00 bits per heavy atom. The Bertz CT molecular complexity index is 408. The summed E-state index contributed by atoms with van der Waals surface area (Å²) in [5, 5.41) is 11.1. The molecule has 0 aliphatic carbocycles. The van der Waals surface area contributed by atoms with E-state index in [0.29, 0.717) is 0 Å². The van der Waals surface area contributed by atoms with Crippen LogP contribution < -0.4 is 5.32 Å². The van der Waals surface area contributed by atoms with Crippen molar-refractivity contribution >= 4 is 0 Å². The van der Waals surface area contributed by atoms with E-state index >= 15 is 0 Å². The SMILES string of the molecule is Cn1cnnc1CNCc1ccccc1. The van der Waals surface area contributed by atoms with Crippen LogP contribution >= 0.6 is 0 Å². The fraction of sp³-hybridized carbons (Fsp3) is 0.273. The number of nitrogens with zero attached hydrogens (tertiary/aromatic N) is 3. The molecular weight excluding hydrogens is 188 g/mol. The lowest BCUT2D eigenvalue weighted by Crippen LogP contribution is -2.15. The van der Waals surface area contributed by atoms with E-state index < -0.39 is 0 Å². The average molecular weight is 202 g/mol. The molecule has 1 N–H and O–H groups in total. The minimum Gasteiger partial charge on any atom is -0.320 e. The molecule has 0 bridgehead atoms. The molecule has 4 heteroatoms. The van der Waals surface area contributed by atoms with Crippen LogP contribution in [-0.4, -0.2) is 14.8 Å². The minimum atomic E-state index is 0.741. The zero-order chi connectivity index (χ0) is 10.5. The third-order valence-electron chi connectivity index (χ3n) is 2.26. The molecule has 1 aromatic heterocycles. The third kappa shape index (κ3) is 2.63. The molecule has 0 fully saturated rings. The van der Waals surface area contributed by atoms with Gasteiger partial charge >= 0.3 is 0 Å². The number of benzene rings is 1. The summed E-state index contributed by atoms with van der Waals surface area (Å²) in [6.45, 7) is 1.60. The largest absolute Gasteiger partial charge is 0.320 e. The van der Waals surface area contributed by atoms with Gasteiger partial charge < -0.3 is 9.88 Å². The van der Waals surface area contributed by atoms with Gasteiger partial charge in [0.05, 0.1) is 6.54 Å². The fourth-order valence-electron chi connectivity index (χ4n) is 1.38. The molecule has 78 valence electrons. The van der Waals surface area contributed by atoms with Gasteiger partial charge in [0, 0.05) is 13.6 Å². The molecule has 0 aliphatic heterocycles.